The zero-order chi connectivity index (χ0) is 29.0. The predicted molar refractivity (Wildman–Crippen MR) is 183 cm³/mol. The Kier molecular flexibility index (Phi) is 5.64. The molecule has 3 heterocycles. The number of rotatable bonds is 4. The molecule has 0 fully saturated rings. The molecule has 9 rings (SSSR count). The molecule has 6 aromatic carbocycles. The topological polar surface area (TPSA) is 43.6 Å². The molecular formula is C39H24N4S. The minimum Gasteiger partial charge on any atom is -0.278 e. The highest BCUT2D eigenvalue weighted by Crippen LogP contribution is 2.40. The first-order valence-corrected chi connectivity index (χ1v) is 15.4. The second kappa shape index (κ2) is 9.97. The second-order valence-electron chi connectivity index (χ2n) is 10.9. The fourth-order valence-electron chi connectivity index (χ4n) is 6.15. The van der Waals surface area contributed by atoms with Crippen LogP contribution < -0.4 is 0 Å². The van der Waals surface area contributed by atoms with Gasteiger partial charge in [0, 0.05) is 27.3 Å². The van der Waals surface area contributed by atoms with Crippen molar-refractivity contribution in [3.05, 3.63) is 146 Å². The van der Waals surface area contributed by atoms with Crippen LogP contribution in [-0.4, -0.2) is 19.5 Å². The van der Waals surface area contributed by atoms with Gasteiger partial charge in [-0.3, -0.25) is 4.57 Å². The first kappa shape index (κ1) is 24.9. The van der Waals surface area contributed by atoms with E-state index in [0.29, 0.717) is 5.95 Å². The normalized spacial score (nSPS) is 11.6. The lowest BCUT2D eigenvalue weighted by Gasteiger charge is -2.12. The van der Waals surface area contributed by atoms with E-state index in [-0.39, 0.29) is 0 Å². The van der Waals surface area contributed by atoms with Gasteiger partial charge in [0.05, 0.1) is 32.5 Å². The van der Waals surface area contributed by atoms with Crippen molar-refractivity contribution in [2.45, 2.75) is 0 Å². The Bertz CT molecular complexity index is 2480. The second-order valence-corrected chi connectivity index (χ2v) is 11.9. The zero-order valence-corrected chi connectivity index (χ0v) is 24.4. The van der Waals surface area contributed by atoms with Gasteiger partial charge in [-0.1, -0.05) is 115 Å². The third-order valence-electron chi connectivity index (χ3n) is 8.24. The van der Waals surface area contributed by atoms with E-state index in [1.807, 2.05) is 24.3 Å². The van der Waals surface area contributed by atoms with Gasteiger partial charge in [-0.05, 0) is 41.5 Å². The van der Waals surface area contributed by atoms with E-state index in [2.05, 4.69) is 126 Å². The van der Waals surface area contributed by atoms with E-state index < -0.39 is 0 Å². The van der Waals surface area contributed by atoms with E-state index >= 15 is 0 Å². The molecule has 0 radical (unpaired) electrons. The molecule has 0 bridgehead atoms. The summed E-state index contributed by atoms with van der Waals surface area (Å²) < 4.78 is 3.36. The first-order chi connectivity index (χ1) is 21.8. The van der Waals surface area contributed by atoms with Gasteiger partial charge in [0.1, 0.15) is 5.01 Å². The van der Waals surface area contributed by atoms with E-state index in [9.17, 15) is 0 Å². The molecule has 0 aliphatic carbocycles. The molecule has 9 aromatic rings. The summed E-state index contributed by atoms with van der Waals surface area (Å²) in [5, 5.41) is 4.37. The van der Waals surface area contributed by atoms with Gasteiger partial charge >= 0.3 is 0 Å². The lowest BCUT2D eigenvalue weighted by Crippen LogP contribution is -2.03. The quantitative estimate of drug-likeness (QED) is 0.208. The minimum absolute atomic E-state index is 0.646. The third-order valence-corrected chi connectivity index (χ3v) is 9.31. The average molecular weight is 581 g/mol. The SMILES string of the molecule is c1ccc(-c2ccc3c(c2)c2cc4sc(-c5ccccc5)nc4cc2n3-c2nc(-c3ccccc3)c3ccccc3n2)cc1. The maximum absolute atomic E-state index is 5.26. The Morgan fingerprint density at radius 2 is 1.09 bits per heavy atom. The van der Waals surface area contributed by atoms with Crippen LogP contribution in [0.15, 0.2) is 146 Å². The van der Waals surface area contributed by atoms with Crippen LogP contribution in [0.5, 0.6) is 0 Å². The Hall–Kier alpha value is -5.65. The monoisotopic (exact) mass is 580 g/mol. The molecule has 0 aliphatic heterocycles. The third kappa shape index (κ3) is 4.02. The smallest absolute Gasteiger partial charge is 0.235 e. The number of benzene rings is 6. The minimum atomic E-state index is 0.646. The molecule has 206 valence electrons. The van der Waals surface area contributed by atoms with Crippen LogP contribution in [0.25, 0.3) is 81.8 Å². The molecule has 0 unspecified atom stereocenters. The Labute approximate surface area is 257 Å². The van der Waals surface area contributed by atoms with Gasteiger partial charge in [0.25, 0.3) is 0 Å². The van der Waals surface area contributed by atoms with Crippen molar-refractivity contribution in [2.75, 3.05) is 0 Å². The molecule has 3 aromatic heterocycles. The summed E-state index contributed by atoms with van der Waals surface area (Å²) in [6, 6.07) is 50.8. The van der Waals surface area contributed by atoms with Gasteiger partial charge in [-0.25, -0.2) is 15.0 Å². The van der Waals surface area contributed by atoms with Gasteiger partial charge in [0.15, 0.2) is 0 Å². The van der Waals surface area contributed by atoms with Gasteiger partial charge in [-0.15, -0.1) is 11.3 Å². The average Bonchev–Trinajstić information content (AvgIpc) is 3.66. The standard InChI is InChI=1S/C39H24N4S/c1-4-12-25(13-5-1)28-20-21-34-30(22-28)31-23-36-33(40-38(44-36)27-16-8-3-9-17-27)24-35(31)43(34)39-41-32-19-11-10-18-29(32)37(42-39)26-14-6-2-7-15-26/h1-24H. The van der Waals surface area contributed by atoms with Crippen LogP contribution in [0.4, 0.5) is 0 Å². The van der Waals surface area contributed by atoms with Crippen LogP contribution in [0, 0.1) is 0 Å². The Balaban J connectivity index is 1.36. The summed E-state index contributed by atoms with van der Waals surface area (Å²) in [4.78, 5) is 15.5. The number of para-hydroxylation sites is 1. The number of aromatic nitrogens is 4. The largest absolute Gasteiger partial charge is 0.278 e. The first-order valence-electron chi connectivity index (χ1n) is 14.6. The molecule has 0 saturated carbocycles. The van der Waals surface area contributed by atoms with Crippen molar-refractivity contribution in [2.24, 2.45) is 0 Å². The van der Waals surface area contributed by atoms with Crippen molar-refractivity contribution in [3.63, 3.8) is 0 Å². The van der Waals surface area contributed by atoms with Gasteiger partial charge < -0.3 is 0 Å². The molecule has 0 saturated heterocycles. The van der Waals surface area contributed by atoms with Crippen LogP contribution in [0.2, 0.25) is 0 Å². The molecule has 44 heavy (non-hydrogen) atoms. The summed E-state index contributed by atoms with van der Waals surface area (Å²) in [7, 11) is 0. The van der Waals surface area contributed by atoms with E-state index in [0.717, 1.165) is 64.8 Å². The molecule has 4 nitrogen and oxygen atoms in total. The zero-order valence-electron chi connectivity index (χ0n) is 23.6. The van der Waals surface area contributed by atoms with E-state index in [1.54, 1.807) is 11.3 Å². The summed E-state index contributed by atoms with van der Waals surface area (Å²) in [6.07, 6.45) is 0. The fraction of sp³-hybridized carbons (Fsp3) is 0. The highest BCUT2D eigenvalue weighted by Gasteiger charge is 2.20. The summed E-state index contributed by atoms with van der Waals surface area (Å²) in [5.74, 6) is 0.646. The molecule has 0 spiro atoms. The van der Waals surface area contributed by atoms with Crippen molar-refractivity contribution in [1.82, 2.24) is 19.5 Å². The molecule has 0 atom stereocenters. The number of fused-ring (bicyclic) bond motifs is 5. The van der Waals surface area contributed by atoms with E-state index in [4.69, 9.17) is 15.0 Å². The van der Waals surface area contributed by atoms with Crippen molar-refractivity contribution < 1.29 is 0 Å². The predicted octanol–water partition coefficient (Wildman–Crippen LogP) is 10.3. The summed E-state index contributed by atoms with van der Waals surface area (Å²) >= 11 is 1.73. The maximum Gasteiger partial charge on any atom is 0.235 e. The summed E-state index contributed by atoms with van der Waals surface area (Å²) in [5.41, 5.74) is 9.46. The lowest BCUT2D eigenvalue weighted by atomic mass is 10.0. The van der Waals surface area contributed by atoms with Crippen molar-refractivity contribution in [1.29, 1.82) is 0 Å². The number of hydrogen-bond donors (Lipinski definition) is 0. The highest BCUT2D eigenvalue weighted by molar-refractivity contribution is 7.21. The van der Waals surface area contributed by atoms with Crippen molar-refractivity contribution in [3.8, 4) is 38.9 Å². The van der Waals surface area contributed by atoms with Gasteiger partial charge in [-0.2, -0.15) is 0 Å². The van der Waals surface area contributed by atoms with Gasteiger partial charge in [0.2, 0.25) is 5.95 Å². The molecule has 0 amide bonds. The molecule has 5 heteroatoms. The Morgan fingerprint density at radius 1 is 0.432 bits per heavy atom. The van der Waals surface area contributed by atoms with Crippen LogP contribution in [0.1, 0.15) is 0 Å². The Morgan fingerprint density at radius 3 is 1.86 bits per heavy atom. The lowest BCUT2D eigenvalue weighted by molar-refractivity contribution is 1.01. The summed E-state index contributed by atoms with van der Waals surface area (Å²) in [6.45, 7) is 0. The number of nitrogens with zero attached hydrogens (tertiary/aromatic N) is 4. The van der Waals surface area contributed by atoms with Crippen LogP contribution >= 0.6 is 11.3 Å². The maximum atomic E-state index is 5.26. The van der Waals surface area contributed by atoms with Crippen LogP contribution in [0.3, 0.4) is 0 Å². The van der Waals surface area contributed by atoms with Crippen LogP contribution in [-0.2, 0) is 0 Å². The molecule has 0 N–H and O–H groups in total. The van der Waals surface area contributed by atoms with Crippen molar-refractivity contribution >= 4 is 54.3 Å². The fourth-order valence-corrected chi connectivity index (χ4v) is 7.14. The number of hydrogen-bond acceptors (Lipinski definition) is 4. The molecule has 0 aliphatic rings. The van der Waals surface area contributed by atoms with E-state index in [1.165, 1.54) is 11.1 Å². The highest BCUT2D eigenvalue weighted by atomic mass is 32.1. The number of thiazole rings is 1. The molecular weight excluding hydrogens is 557 g/mol.